The van der Waals surface area contributed by atoms with Crippen LogP contribution in [-0.4, -0.2) is 34.7 Å². The number of rotatable bonds is 2. The first-order chi connectivity index (χ1) is 11.4. The zero-order valence-electron chi connectivity index (χ0n) is 14.0. The highest BCUT2D eigenvalue weighted by molar-refractivity contribution is 6.15. The van der Waals surface area contributed by atoms with Gasteiger partial charge in [-0.25, -0.2) is 0 Å². The second-order valence-corrected chi connectivity index (χ2v) is 7.05. The van der Waals surface area contributed by atoms with Crippen LogP contribution in [0.3, 0.4) is 0 Å². The maximum Gasteiger partial charge on any atom is 0.250 e. The Morgan fingerprint density at radius 2 is 1.92 bits per heavy atom. The van der Waals surface area contributed by atoms with E-state index in [1.165, 1.54) is 4.90 Å². The monoisotopic (exact) mass is 327 g/mol. The number of carbonyl (C=O) groups excluding carboxylic acids is 3. The van der Waals surface area contributed by atoms with Gasteiger partial charge in [0.2, 0.25) is 17.7 Å². The molecule has 0 aliphatic carbocycles. The smallest absolute Gasteiger partial charge is 0.250 e. The molecule has 4 rings (SSSR count). The summed E-state index contributed by atoms with van der Waals surface area (Å²) in [7, 11) is 0. The van der Waals surface area contributed by atoms with Crippen molar-refractivity contribution in [3.63, 3.8) is 0 Å². The van der Waals surface area contributed by atoms with E-state index in [0.29, 0.717) is 12.1 Å². The normalized spacial score (nSPS) is 35.4. The van der Waals surface area contributed by atoms with E-state index in [4.69, 9.17) is 0 Å². The average Bonchev–Trinajstić information content (AvgIpc) is 3.12. The Kier molecular flexibility index (Phi) is 3.12. The third-order valence-corrected chi connectivity index (χ3v) is 5.84. The highest BCUT2D eigenvalue weighted by Gasteiger charge is 2.69. The van der Waals surface area contributed by atoms with Crippen LogP contribution in [0.5, 0.6) is 0 Å². The van der Waals surface area contributed by atoms with Gasteiger partial charge in [0.15, 0.2) is 0 Å². The molecule has 24 heavy (non-hydrogen) atoms. The van der Waals surface area contributed by atoms with E-state index in [-0.39, 0.29) is 29.8 Å². The Hall–Kier alpha value is -2.21. The predicted molar refractivity (Wildman–Crippen MR) is 87.9 cm³/mol. The van der Waals surface area contributed by atoms with Gasteiger partial charge in [-0.05, 0) is 26.3 Å². The number of anilines is 1. The minimum absolute atomic E-state index is 0.153. The summed E-state index contributed by atoms with van der Waals surface area (Å²) in [6.45, 7) is 5.71. The molecule has 2 saturated heterocycles. The SMILES string of the molecule is CCC(C)N1C(=O)C2C(C)NC3(C(=O)Nc4ccccc43)C2C1=O. The molecule has 0 aromatic heterocycles. The molecule has 126 valence electrons. The van der Waals surface area contributed by atoms with E-state index in [2.05, 4.69) is 10.6 Å². The summed E-state index contributed by atoms with van der Waals surface area (Å²) in [5, 5.41) is 6.17. The van der Waals surface area contributed by atoms with Gasteiger partial charge in [0.05, 0.1) is 11.8 Å². The Morgan fingerprint density at radius 3 is 2.62 bits per heavy atom. The maximum absolute atomic E-state index is 13.1. The number of carbonyl (C=O) groups is 3. The molecule has 3 heterocycles. The second kappa shape index (κ2) is 4.89. The van der Waals surface area contributed by atoms with Crippen LogP contribution in [0.1, 0.15) is 32.8 Å². The summed E-state index contributed by atoms with van der Waals surface area (Å²) in [4.78, 5) is 40.3. The van der Waals surface area contributed by atoms with Crippen molar-refractivity contribution in [2.24, 2.45) is 11.8 Å². The van der Waals surface area contributed by atoms with Crippen molar-refractivity contribution >= 4 is 23.4 Å². The number of para-hydroxylation sites is 1. The Balaban J connectivity index is 1.88. The number of nitrogens with zero attached hydrogens (tertiary/aromatic N) is 1. The molecule has 6 heteroatoms. The second-order valence-electron chi connectivity index (χ2n) is 7.05. The topological polar surface area (TPSA) is 78.5 Å². The highest BCUT2D eigenvalue weighted by Crippen LogP contribution is 2.52. The number of nitrogens with one attached hydrogen (secondary N) is 2. The Bertz CT molecular complexity index is 762. The summed E-state index contributed by atoms with van der Waals surface area (Å²) < 4.78 is 0. The van der Waals surface area contributed by atoms with Gasteiger partial charge in [-0.2, -0.15) is 0 Å². The van der Waals surface area contributed by atoms with Gasteiger partial charge in [0.25, 0.3) is 0 Å². The van der Waals surface area contributed by atoms with Crippen LogP contribution in [-0.2, 0) is 19.9 Å². The summed E-state index contributed by atoms with van der Waals surface area (Å²) in [5.74, 6) is -1.81. The van der Waals surface area contributed by atoms with E-state index in [0.717, 1.165) is 5.56 Å². The number of benzene rings is 1. The zero-order valence-corrected chi connectivity index (χ0v) is 14.0. The molecule has 0 bridgehead atoms. The fourth-order valence-electron chi connectivity index (χ4n) is 4.56. The lowest BCUT2D eigenvalue weighted by molar-refractivity contribution is -0.145. The molecular weight excluding hydrogens is 306 g/mol. The molecule has 5 unspecified atom stereocenters. The van der Waals surface area contributed by atoms with Crippen molar-refractivity contribution in [2.75, 3.05) is 5.32 Å². The van der Waals surface area contributed by atoms with E-state index < -0.39 is 17.4 Å². The van der Waals surface area contributed by atoms with E-state index >= 15 is 0 Å². The molecule has 2 fully saturated rings. The van der Waals surface area contributed by atoms with Crippen LogP contribution in [0, 0.1) is 11.8 Å². The lowest BCUT2D eigenvalue weighted by Crippen LogP contribution is -2.53. The first kappa shape index (κ1) is 15.3. The van der Waals surface area contributed by atoms with Crippen molar-refractivity contribution in [2.45, 2.75) is 44.8 Å². The molecule has 5 atom stereocenters. The van der Waals surface area contributed by atoms with Crippen molar-refractivity contribution in [3.8, 4) is 0 Å². The van der Waals surface area contributed by atoms with Gasteiger partial charge in [-0.15, -0.1) is 0 Å². The minimum Gasteiger partial charge on any atom is -0.324 e. The van der Waals surface area contributed by atoms with Crippen LogP contribution in [0.2, 0.25) is 0 Å². The summed E-state index contributed by atoms with van der Waals surface area (Å²) in [5.41, 5.74) is 0.335. The Labute approximate surface area is 140 Å². The summed E-state index contributed by atoms with van der Waals surface area (Å²) in [6.07, 6.45) is 0.703. The molecule has 6 nitrogen and oxygen atoms in total. The third-order valence-electron chi connectivity index (χ3n) is 5.84. The standard InChI is InChI=1S/C18H21N3O3/c1-4-9(2)21-15(22)13-10(3)20-18(14(13)16(21)23)11-7-5-6-8-12(11)19-17(18)24/h5-10,13-14,20H,4H2,1-3H3,(H,19,24). The van der Waals surface area contributed by atoms with Crippen molar-refractivity contribution in [1.29, 1.82) is 0 Å². The summed E-state index contributed by atoms with van der Waals surface area (Å²) in [6, 6.07) is 7.00. The van der Waals surface area contributed by atoms with Gasteiger partial charge in [-0.1, -0.05) is 25.1 Å². The quantitative estimate of drug-likeness (QED) is 0.801. The molecule has 1 aromatic carbocycles. The first-order valence-electron chi connectivity index (χ1n) is 8.49. The molecule has 3 aliphatic heterocycles. The van der Waals surface area contributed by atoms with E-state index in [9.17, 15) is 14.4 Å². The van der Waals surface area contributed by atoms with Crippen molar-refractivity contribution in [1.82, 2.24) is 10.2 Å². The number of hydrogen-bond acceptors (Lipinski definition) is 4. The van der Waals surface area contributed by atoms with Crippen LogP contribution in [0.15, 0.2) is 24.3 Å². The molecule has 0 radical (unpaired) electrons. The molecular formula is C18H21N3O3. The number of amides is 3. The third kappa shape index (κ3) is 1.61. The molecule has 1 aromatic rings. The van der Waals surface area contributed by atoms with E-state index in [1.807, 2.05) is 45.0 Å². The van der Waals surface area contributed by atoms with Gasteiger partial charge >= 0.3 is 0 Å². The molecule has 3 amide bonds. The number of fused-ring (bicyclic) bond motifs is 4. The fourth-order valence-corrected chi connectivity index (χ4v) is 4.56. The number of likely N-dealkylation sites (tertiary alicyclic amines) is 1. The van der Waals surface area contributed by atoms with Crippen molar-refractivity contribution in [3.05, 3.63) is 29.8 Å². The maximum atomic E-state index is 13.1. The first-order valence-corrected chi connectivity index (χ1v) is 8.49. The molecule has 0 saturated carbocycles. The lowest BCUT2D eigenvalue weighted by atomic mass is 9.76. The van der Waals surface area contributed by atoms with Crippen LogP contribution >= 0.6 is 0 Å². The van der Waals surface area contributed by atoms with Crippen LogP contribution in [0.25, 0.3) is 0 Å². The fraction of sp³-hybridized carbons (Fsp3) is 0.500. The lowest BCUT2D eigenvalue weighted by Gasteiger charge is -2.30. The van der Waals surface area contributed by atoms with Gasteiger partial charge in [-0.3, -0.25) is 24.6 Å². The largest absolute Gasteiger partial charge is 0.324 e. The molecule has 3 aliphatic rings. The zero-order chi connectivity index (χ0) is 17.2. The minimum atomic E-state index is -1.14. The van der Waals surface area contributed by atoms with Crippen LogP contribution in [0.4, 0.5) is 5.69 Å². The predicted octanol–water partition coefficient (Wildman–Crippen LogP) is 1.23. The van der Waals surface area contributed by atoms with Gasteiger partial charge < -0.3 is 5.32 Å². The average molecular weight is 327 g/mol. The van der Waals surface area contributed by atoms with Crippen LogP contribution < -0.4 is 10.6 Å². The van der Waals surface area contributed by atoms with Gasteiger partial charge in [0.1, 0.15) is 5.54 Å². The number of hydrogen-bond donors (Lipinski definition) is 2. The highest BCUT2D eigenvalue weighted by atomic mass is 16.2. The van der Waals surface area contributed by atoms with Crippen molar-refractivity contribution < 1.29 is 14.4 Å². The van der Waals surface area contributed by atoms with Gasteiger partial charge in [0, 0.05) is 23.3 Å². The number of imide groups is 1. The summed E-state index contributed by atoms with van der Waals surface area (Å²) >= 11 is 0. The molecule has 1 spiro atoms. The van der Waals surface area contributed by atoms with E-state index in [1.54, 1.807) is 0 Å². The Morgan fingerprint density at radius 1 is 1.21 bits per heavy atom. The molecule has 2 N–H and O–H groups in total.